The highest BCUT2D eigenvalue weighted by molar-refractivity contribution is 6.58. The largest absolute Gasteiger partial charge is 0.488 e. The quantitative estimate of drug-likeness (QED) is 0.0860. The second-order valence-electron chi connectivity index (χ2n) is 10.1. The zero-order valence-electron chi connectivity index (χ0n) is 28.4. The van der Waals surface area contributed by atoms with E-state index in [-0.39, 0.29) is 34.2 Å². The minimum absolute atomic E-state index is 0. The Morgan fingerprint density at radius 3 is 1.25 bits per heavy atom. The summed E-state index contributed by atoms with van der Waals surface area (Å²) in [6.45, 7) is 4.15. The monoisotopic (exact) mass is 770 g/mol. The van der Waals surface area contributed by atoms with Crippen LogP contribution in [0.4, 0.5) is 0 Å². The topological polar surface area (TPSA) is 191 Å². The fraction of sp³-hybridized carbons (Fsp3) is 0.200. The molecule has 0 aliphatic carbocycles. The van der Waals surface area contributed by atoms with E-state index in [0.29, 0.717) is 41.5 Å². The van der Waals surface area contributed by atoms with Crippen LogP contribution in [0.5, 0.6) is 0 Å². The SMILES string of the molecule is C.C.C.CCOC(=O)c1cnc(-c2ccccc2)nc1.CCOC(=O)c1cnc(Cl)nc1.OB(O)c1ccccc1.OCc1cnc(-c2ccccc2)nc1. The Bertz CT molecular complexity index is 1900. The third kappa shape index (κ3) is 17.6. The van der Waals surface area contributed by atoms with E-state index < -0.39 is 19.1 Å². The highest BCUT2D eigenvalue weighted by Crippen LogP contribution is 2.14. The van der Waals surface area contributed by atoms with E-state index in [2.05, 4.69) is 29.9 Å². The fourth-order valence-electron chi connectivity index (χ4n) is 3.81. The third-order valence-corrected chi connectivity index (χ3v) is 6.54. The van der Waals surface area contributed by atoms with Gasteiger partial charge < -0.3 is 24.6 Å². The second kappa shape index (κ2) is 27.6. The molecule has 13 nitrogen and oxygen atoms in total. The summed E-state index contributed by atoms with van der Waals surface area (Å²) in [5.74, 6) is 0.447. The first-order valence-electron chi connectivity index (χ1n) is 15.8. The normalized spacial score (nSPS) is 9.20. The van der Waals surface area contributed by atoms with Crippen molar-refractivity contribution in [2.24, 2.45) is 0 Å². The number of nitrogens with zero attached hydrogens (tertiary/aromatic N) is 6. The van der Waals surface area contributed by atoms with Gasteiger partial charge in [0.2, 0.25) is 5.28 Å². The highest BCUT2D eigenvalue weighted by Gasteiger charge is 2.09. The molecule has 6 rings (SSSR count). The molecule has 0 saturated heterocycles. The number of benzene rings is 3. The van der Waals surface area contributed by atoms with Gasteiger partial charge in [-0.3, -0.25) is 0 Å². The molecule has 0 aliphatic heterocycles. The molecule has 0 atom stereocenters. The van der Waals surface area contributed by atoms with Gasteiger partial charge >= 0.3 is 19.1 Å². The Hall–Kier alpha value is -5.93. The Balaban J connectivity index is 0.000000710. The van der Waals surface area contributed by atoms with Gasteiger partial charge in [-0.15, -0.1) is 0 Å². The maximum absolute atomic E-state index is 11.4. The number of carbonyl (C=O) groups is 2. The summed E-state index contributed by atoms with van der Waals surface area (Å²) in [7, 11) is -1.34. The highest BCUT2D eigenvalue weighted by atomic mass is 35.5. The summed E-state index contributed by atoms with van der Waals surface area (Å²) in [5.41, 5.74) is 3.83. The van der Waals surface area contributed by atoms with E-state index in [4.69, 9.17) is 36.2 Å². The van der Waals surface area contributed by atoms with Crippen molar-refractivity contribution in [2.75, 3.05) is 13.2 Å². The van der Waals surface area contributed by atoms with Gasteiger partial charge in [-0.25, -0.2) is 39.5 Å². The third-order valence-electron chi connectivity index (χ3n) is 6.34. The lowest BCUT2D eigenvalue weighted by Gasteiger charge is -2.02. The van der Waals surface area contributed by atoms with Crippen LogP contribution in [0.2, 0.25) is 5.28 Å². The van der Waals surface area contributed by atoms with E-state index in [0.717, 1.165) is 16.7 Å². The number of hydrogen-bond donors (Lipinski definition) is 3. The van der Waals surface area contributed by atoms with Crippen LogP contribution in [0.25, 0.3) is 22.8 Å². The zero-order chi connectivity index (χ0) is 37.6. The van der Waals surface area contributed by atoms with Gasteiger partial charge in [-0.1, -0.05) is 113 Å². The van der Waals surface area contributed by atoms with Crippen LogP contribution in [0, 0.1) is 0 Å². The van der Waals surface area contributed by atoms with Crippen LogP contribution < -0.4 is 5.46 Å². The summed E-state index contributed by atoms with van der Waals surface area (Å²) in [5, 5.41) is 26.1. The van der Waals surface area contributed by atoms with Crippen LogP contribution >= 0.6 is 11.6 Å². The molecule has 6 aromatic rings. The molecule has 3 aromatic heterocycles. The lowest BCUT2D eigenvalue weighted by molar-refractivity contribution is 0.0515. The molecule has 3 heterocycles. The van der Waals surface area contributed by atoms with Crippen molar-refractivity contribution in [1.82, 2.24) is 29.9 Å². The first kappa shape index (κ1) is 49.1. The maximum Gasteiger partial charge on any atom is 0.488 e. The molecular weight excluding hydrogens is 723 g/mol. The zero-order valence-corrected chi connectivity index (χ0v) is 29.1. The van der Waals surface area contributed by atoms with E-state index in [9.17, 15) is 9.59 Å². The second-order valence-corrected chi connectivity index (χ2v) is 10.4. The van der Waals surface area contributed by atoms with Gasteiger partial charge in [-0.2, -0.15) is 0 Å². The van der Waals surface area contributed by atoms with Crippen molar-refractivity contribution < 1.29 is 34.2 Å². The standard InChI is InChI=1S/C13H12N2O2.C11H10N2O.C7H7ClN2O2.C6H7BO2.3CH4/c1-2-17-13(16)11-8-14-12(15-9-11)10-6-4-3-5-7-10;14-8-9-6-12-11(13-7-9)10-4-2-1-3-5-10;1-2-12-6(11)5-3-9-7(8)10-4-5;8-7(9)6-4-2-1-3-5-6;;;/h3-9H,2H2,1H3;1-7,14H,8H2;3-4H,2H2,1H3;1-5,8-9H;3*1H4. The smallest absolute Gasteiger partial charge is 0.462 e. The van der Waals surface area contributed by atoms with Crippen molar-refractivity contribution in [1.29, 1.82) is 0 Å². The van der Waals surface area contributed by atoms with Gasteiger partial charge in [-0.05, 0) is 30.9 Å². The molecule has 3 aromatic carbocycles. The molecule has 0 bridgehead atoms. The van der Waals surface area contributed by atoms with Gasteiger partial charge in [0.05, 0.1) is 30.9 Å². The Morgan fingerprint density at radius 2 is 0.927 bits per heavy atom. The average molecular weight is 771 g/mol. The molecular formula is C40H48BClN6O7. The molecule has 0 aliphatic rings. The summed E-state index contributed by atoms with van der Waals surface area (Å²) < 4.78 is 9.56. The Morgan fingerprint density at radius 1 is 0.582 bits per heavy atom. The molecule has 0 radical (unpaired) electrons. The molecule has 0 unspecified atom stereocenters. The number of rotatable bonds is 8. The number of aliphatic hydroxyl groups is 1. The molecule has 0 spiro atoms. The number of aliphatic hydroxyl groups excluding tert-OH is 1. The molecule has 3 N–H and O–H groups in total. The van der Waals surface area contributed by atoms with E-state index in [1.165, 1.54) is 24.8 Å². The lowest BCUT2D eigenvalue weighted by atomic mass is 9.81. The molecule has 0 amide bonds. The van der Waals surface area contributed by atoms with Crippen LogP contribution in [-0.2, 0) is 16.1 Å². The minimum Gasteiger partial charge on any atom is -0.462 e. The molecule has 0 fully saturated rings. The van der Waals surface area contributed by atoms with Crippen LogP contribution in [0.15, 0.2) is 128 Å². The summed E-state index contributed by atoms with van der Waals surface area (Å²) >= 11 is 5.42. The number of carbonyl (C=O) groups excluding carboxylic acids is 2. The molecule has 0 saturated carbocycles. The molecule has 290 valence electrons. The predicted octanol–water partition coefficient (Wildman–Crippen LogP) is 6.54. The van der Waals surface area contributed by atoms with Crippen LogP contribution in [0.1, 0.15) is 62.4 Å². The first-order chi connectivity index (χ1) is 25.2. The number of halogens is 1. The molecule has 55 heavy (non-hydrogen) atoms. The molecule has 15 heteroatoms. The van der Waals surface area contributed by atoms with Crippen molar-refractivity contribution in [2.45, 2.75) is 42.7 Å². The van der Waals surface area contributed by atoms with Gasteiger partial charge in [0, 0.05) is 53.9 Å². The summed E-state index contributed by atoms with van der Waals surface area (Å²) in [4.78, 5) is 46.3. The van der Waals surface area contributed by atoms with Gasteiger partial charge in [0.15, 0.2) is 11.6 Å². The van der Waals surface area contributed by atoms with Gasteiger partial charge in [0.1, 0.15) is 0 Å². The van der Waals surface area contributed by atoms with Crippen molar-refractivity contribution >= 4 is 36.1 Å². The van der Waals surface area contributed by atoms with Gasteiger partial charge in [0.25, 0.3) is 0 Å². The number of hydrogen-bond acceptors (Lipinski definition) is 13. The lowest BCUT2D eigenvalue weighted by Crippen LogP contribution is -2.29. The summed E-state index contributed by atoms with van der Waals surface area (Å²) in [6.07, 6.45) is 8.88. The van der Waals surface area contributed by atoms with Crippen molar-refractivity contribution in [3.8, 4) is 22.8 Å². The number of ether oxygens (including phenoxy) is 2. The van der Waals surface area contributed by atoms with Crippen LogP contribution in [0.3, 0.4) is 0 Å². The number of aromatic nitrogens is 6. The number of esters is 2. The van der Waals surface area contributed by atoms with E-state index in [1.807, 2.05) is 66.7 Å². The minimum atomic E-state index is -1.34. The average Bonchev–Trinajstić information content (AvgIpc) is 3.20. The summed E-state index contributed by atoms with van der Waals surface area (Å²) in [6, 6.07) is 28.0. The first-order valence-corrected chi connectivity index (χ1v) is 16.2. The van der Waals surface area contributed by atoms with E-state index in [1.54, 1.807) is 50.5 Å². The Labute approximate surface area is 328 Å². The maximum atomic E-state index is 11.4. The Kier molecular flexibility index (Phi) is 24.7. The van der Waals surface area contributed by atoms with E-state index >= 15 is 0 Å². The van der Waals surface area contributed by atoms with Crippen molar-refractivity contribution in [3.63, 3.8) is 0 Å². The van der Waals surface area contributed by atoms with Crippen molar-refractivity contribution in [3.05, 3.63) is 150 Å². The predicted molar refractivity (Wildman–Crippen MR) is 216 cm³/mol. The van der Waals surface area contributed by atoms with Crippen LogP contribution in [-0.4, -0.2) is 77.3 Å². The fourth-order valence-corrected chi connectivity index (χ4v) is 3.91.